The van der Waals surface area contributed by atoms with E-state index in [-0.39, 0.29) is 0 Å². The van der Waals surface area contributed by atoms with Gasteiger partial charge in [0.05, 0.1) is 0 Å². The van der Waals surface area contributed by atoms with Gasteiger partial charge in [0.1, 0.15) is 5.82 Å². The van der Waals surface area contributed by atoms with E-state index in [0.29, 0.717) is 0 Å². The summed E-state index contributed by atoms with van der Waals surface area (Å²) in [5, 5.41) is 5.67. The Labute approximate surface area is 96.1 Å². The van der Waals surface area contributed by atoms with E-state index in [4.69, 9.17) is 0 Å². The third-order valence-electron chi connectivity index (χ3n) is 2.79. The minimum Gasteiger partial charge on any atom is -0.387 e. The van der Waals surface area contributed by atoms with Crippen molar-refractivity contribution in [3.63, 3.8) is 0 Å². The van der Waals surface area contributed by atoms with Gasteiger partial charge in [-0.15, -0.1) is 0 Å². The highest BCUT2D eigenvalue weighted by atomic mass is 15.1. The van der Waals surface area contributed by atoms with E-state index in [2.05, 4.69) is 29.4 Å². The van der Waals surface area contributed by atoms with Crippen LogP contribution in [0.3, 0.4) is 0 Å². The number of hydrogen-bond acceptors (Lipinski definition) is 3. The van der Waals surface area contributed by atoms with Crippen LogP contribution in [0.25, 0.3) is 10.8 Å². The van der Waals surface area contributed by atoms with Crippen LogP contribution in [0.2, 0.25) is 0 Å². The molecule has 84 valence electrons. The summed E-state index contributed by atoms with van der Waals surface area (Å²) in [6, 6.07) is 6.32. The first-order valence-electron chi connectivity index (χ1n) is 5.38. The number of anilines is 2. The molecule has 3 heteroatoms. The molecule has 1 aromatic heterocycles. The van der Waals surface area contributed by atoms with E-state index in [1.165, 1.54) is 16.3 Å². The summed E-state index contributed by atoms with van der Waals surface area (Å²) in [6.45, 7) is 2.11. The molecular formula is C13H17N3. The Morgan fingerprint density at radius 1 is 1.19 bits per heavy atom. The number of aryl methyl sites for hydroxylation is 1. The van der Waals surface area contributed by atoms with Gasteiger partial charge in [-0.25, -0.2) is 4.98 Å². The van der Waals surface area contributed by atoms with Crippen LogP contribution in [-0.4, -0.2) is 26.1 Å². The molecule has 0 saturated carbocycles. The Hall–Kier alpha value is -1.77. The van der Waals surface area contributed by atoms with Crippen LogP contribution >= 0.6 is 0 Å². The summed E-state index contributed by atoms with van der Waals surface area (Å²) < 4.78 is 0. The monoisotopic (exact) mass is 215 g/mol. The van der Waals surface area contributed by atoms with Gasteiger partial charge in [-0.3, -0.25) is 0 Å². The molecule has 0 aliphatic carbocycles. The molecule has 3 nitrogen and oxygen atoms in total. The smallest absolute Gasteiger partial charge is 0.137 e. The number of nitrogens with one attached hydrogen (secondary N) is 1. The van der Waals surface area contributed by atoms with Gasteiger partial charge in [0.15, 0.2) is 0 Å². The molecule has 0 aliphatic rings. The zero-order chi connectivity index (χ0) is 11.7. The van der Waals surface area contributed by atoms with Gasteiger partial charge in [0, 0.05) is 38.4 Å². The van der Waals surface area contributed by atoms with Crippen molar-refractivity contribution >= 4 is 22.3 Å². The van der Waals surface area contributed by atoms with Crippen LogP contribution in [0.4, 0.5) is 11.5 Å². The fourth-order valence-corrected chi connectivity index (χ4v) is 2.02. The molecule has 0 amide bonds. The highest BCUT2D eigenvalue weighted by Gasteiger charge is 2.10. The molecule has 0 atom stereocenters. The Morgan fingerprint density at radius 2 is 1.94 bits per heavy atom. The Balaban J connectivity index is 2.87. The quantitative estimate of drug-likeness (QED) is 0.834. The topological polar surface area (TPSA) is 28.2 Å². The second-order valence-electron chi connectivity index (χ2n) is 4.13. The first kappa shape index (κ1) is 10.7. The SMILES string of the molecule is CNc1c(C)ccc2ccnc(N(C)C)c12. The molecule has 0 saturated heterocycles. The molecule has 0 fully saturated rings. The van der Waals surface area contributed by atoms with E-state index in [0.717, 1.165) is 11.5 Å². The average Bonchev–Trinajstić information content (AvgIpc) is 2.28. The molecule has 16 heavy (non-hydrogen) atoms. The van der Waals surface area contributed by atoms with Crippen molar-refractivity contribution in [2.24, 2.45) is 0 Å². The molecule has 0 unspecified atom stereocenters. The summed E-state index contributed by atoms with van der Waals surface area (Å²) in [6.07, 6.45) is 1.85. The van der Waals surface area contributed by atoms with Gasteiger partial charge in [0.25, 0.3) is 0 Å². The van der Waals surface area contributed by atoms with Crippen molar-refractivity contribution in [3.8, 4) is 0 Å². The lowest BCUT2D eigenvalue weighted by molar-refractivity contribution is 1.08. The maximum Gasteiger partial charge on any atom is 0.137 e. The predicted molar refractivity (Wildman–Crippen MR) is 70.4 cm³/mol. The maximum absolute atomic E-state index is 4.44. The number of pyridine rings is 1. The zero-order valence-corrected chi connectivity index (χ0v) is 10.2. The number of benzene rings is 1. The van der Waals surface area contributed by atoms with Crippen molar-refractivity contribution in [2.45, 2.75) is 6.92 Å². The predicted octanol–water partition coefficient (Wildman–Crippen LogP) is 2.65. The number of rotatable bonds is 2. The molecule has 2 aromatic rings. The first-order chi connectivity index (χ1) is 7.65. The Morgan fingerprint density at radius 3 is 2.56 bits per heavy atom. The van der Waals surface area contributed by atoms with Gasteiger partial charge in [-0.05, 0) is 23.9 Å². The Bertz CT molecular complexity index is 518. The van der Waals surface area contributed by atoms with Gasteiger partial charge < -0.3 is 10.2 Å². The average molecular weight is 215 g/mol. The summed E-state index contributed by atoms with van der Waals surface area (Å²) in [4.78, 5) is 6.49. The normalized spacial score (nSPS) is 10.5. The molecule has 0 radical (unpaired) electrons. The second-order valence-corrected chi connectivity index (χ2v) is 4.13. The Kier molecular flexibility index (Phi) is 2.69. The van der Waals surface area contributed by atoms with Crippen LogP contribution in [0, 0.1) is 6.92 Å². The van der Waals surface area contributed by atoms with Gasteiger partial charge in [-0.1, -0.05) is 12.1 Å². The molecule has 1 N–H and O–H groups in total. The summed E-state index contributed by atoms with van der Waals surface area (Å²) in [5.74, 6) is 1.01. The van der Waals surface area contributed by atoms with E-state index >= 15 is 0 Å². The van der Waals surface area contributed by atoms with Gasteiger partial charge in [-0.2, -0.15) is 0 Å². The van der Waals surface area contributed by atoms with Crippen molar-refractivity contribution in [1.82, 2.24) is 4.98 Å². The van der Waals surface area contributed by atoms with Gasteiger partial charge in [0.2, 0.25) is 0 Å². The highest BCUT2D eigenvalue weighted by molar-refractivity contribution is 6.02. The molecular weight excluding hydrogens is 198 g/mol. The van der Waals surface area contributed by atoms with Crippen LogP contribution in [-0.2, 0) is 0 Å². The van der Waals surface area contributed by atoms with Crippen LogP contribution in [0.5, 0.6) is 0 Å². The van der Waals surface area contributed by atoms with Gasteiger partial charge >= 0.3 is 0 Å². The van der Waals surface area contributed by atoms with E-state index in [9.17, 15) is 0 Å². The van der Waals surface area contributed by atoms with E-state index < -0.39 is 0 Å². The van der Waals surface area contributed by atoms with Crippen LogP contribution in [0.15, 0.2) is 24.4 Å². The minimum absolute atomic E-state index is 1.01. The lowest BCUT2D eigenvalue weighted by Gasteiger charge is -2.17. The molecule has 2 rings (SSSR count). The minimum atomic E-state index is 1.01. The van der Waals surface area contributed by atoms with Crippen molar-refractivity contribution < 1.29 is 0 Å². The number of nitrogens with zero attached hydrogens (tertiary/aromatic N) is 2. The van der Waals surface area contributed by atoms with Crippen molar-refractivity contribution in [1.29, 1.82) is 0 Å². The summed E-state index contributed by atoms with van der Waals surface area (Å²) in [7, 11) is 5.99. The number of hydrogen-bond donors (Lipinski definition) is 1. The molecule has 0 bridgehead atoms. The third-order valence-corrected chi connectivity index (χ3v) is 2.79. The van der Waals surface area contributed by atoms with Crippen molar-refractivity contribution in [2.75, 3.05) is 31.4 Å². The fourth-order valence-electron chi connectivity index (χ4n) is 2.02. The van der Waals surface area contributed by atoms with E-state index in [1.54, 1.807) is 0 Å². The fraction of sp³-hybridized carbons (Fsp3) is 0.308. The van der Waals surface area contributed by atoms with Crippen LogP contribution in [0.1, 0.15) is 5.56 Å². The third kappa shape index (κ3) is 1.58. The standard InChI is InChI=1S/C13H17N3/c1-9-5-6-10-7-8-15-13(16(3)4)11(10)12(9)14-2/h5-8,14H,1-4H3. The van der Waals surface area contributed by atoms with E-state index in [1.807, 2.05) is 38.3 Å². The summed E-state index contributed by atoms with van der Waals surface area (Å²) >= 11 is 0. The first-order valence-corrected chi connectivity index (χ1v) is 5.38. The lowest BCUT2D eigenvalue weighted by Crippen LogP contribution is -2.11. The molecule has 1 heterocycles. The molecule has 1 aromatic carbocycles. The molecule has 0 spiro atoms. The lowest BCUT2D eigenvalue weighted by atomic mass is 10.1. The molecule has 0 aliphatic heterocycles. The van der Waals surface area contributed by atoms with Crippen LogP contribution < -0.4 is 10.2 Å². The highest BCUT2D eigenvalue weighted by Crippen LogP contribution is 2.32. The summed E-state index contributed by atoms with van der Waals surface area (Å²) in [5.41, 5.74) is 2.40. The number of fused-ring (bicyclic) bond motifs is 1. The van der Waals surface area contributed by atoms with Crippen molar-refractivity contribution in [3.05, 3.63) is 30.0 Å². The second kappa shape index (κ2) is 4.00. The zero-order valence-electron chi connectivity index (χ0n) is 10.2. The number of aromatic nitrogens is 1. The maximum atomic E-state index is 4.44. The largest absolute Gasteiger partial charge is 0.387 e.